The van der Waals surface area contributed by atoms with Crippen LogP contribution < -0.4 is 0 Å². The van der Waals surface area contributed by atoms with Gasteiger partial charge in [0.05, 0.1) is 15.8 Å². The summed E-state index contributed by atoms with van der Waals surface area (Å²) in [5.74, 6) is -0.0923. The Morgan fingerprint density at radius 2 is 1.95 bits per heavy atom. The highest BCUT2D eigenvalue weighted by Crippen LogP contribution is 2.24. The first-order chi connectivity index (χ1) is 8.76. The molecule has 3 nitrogen and oxygen atoms in total. The van der Waals surface area contributed by atoms with Crippen molar-refractivity contribution >= 4 is 33.2 Å². The Morgan fingerprint density at radius 1 is 1.32 bits per heavy atom. The summed E-state index contributed by atoms with van der Waals surface area (Å²) in [6.45, 7) is 8.10. The predicted molar refractivity (Wildman–Crippen MR) is 81.1 cm³/mol. The van der Waals surface area contributed by atoms with E-state index in [4.69, 9.17) is 23.2 Å². The molecule has 106 valence electrons. The van der Waals surface area contributed by atoms with E-state index in [0.29, 0.717) is 28.7 Å². The fourth-order valence-electron chi connectivity index (χ4n) is 1.64. The second-order valence-corrected chi connectivity index (χ2v) is 7.17. The molecule has 1 rings (SSSR count). The van der Waals surface area contributed by atoms with Crippen LogP contribution in [0.4, 0.5) is 0 Å². The molecule has 0 saturated heterocycles. The molecule has 0 aliphatic rings. The van der Waals surface area contributed by atoms with Gasteiger partial charge in [0, 0.05) is 13.1 Å². The first-order valence-electron chi connectivity index (χ1n) is 5.82. The summed E-state index contributed by atoms with van der Waals surface area (Å²) in [6, 6.07) is 4.85. The van der Waals surface area contributed by atoms with Gasteiger partial charge in [0.25, 0.3) is 0 Å². The highest BCUT2D eigenvalue weighted by molar-refractivity contribution is 7.88. The van der Waals surface area contributed by atoms with Gasteiger partial charge in [0.15, 0.2) is 0 Å². The zero-order valence-electron chi connectivity index (χ0n) is 11.0. The van der Waals surface area contributed by atoms with E-state index in [-0.39, 0.29) is 5.75 Å². The van der Waals surface area contributed by atoms with Crippen molar-refractivity contribution < 1.29 is 8.42 Å². The molecule has 0 fully saturated rings. The van der Waals surface area contributed by atoms with E-state index in [0.717, 1.165) is 5.57 Å². The summed E-state index contributed by atoms with van der Waals surface area (Å²) in [6.07, 6.45) is 0. The van der Waals surface area contributed by atoms with Crippen molar-refractivity contribution in [2.45, 2.75) is 19.6 Å². The number of hydrogen-bond donors (Lipinski definition) is 0. The van der Waals surface area contributed by atoms with Gasteiger partial charge >= 0.3 is 0 Å². The molecule has 0 bridgehead atoms. The first kappa shape index (κ1) is 16.5. The molecule has 0 atom stereocenters. The lowest BCUT2D eigenvalue weighted by Gasteiger charge is -2.20. The van der Waals surface area contributed by atoms with E-state index in [9.17, 15) is 8.42 Å². The average molecular weight is 322 g/mol. The lowest BCUT2D eigenvalue weighted by molar-refractivity contribution is 0.452. The van der Waals surface area contributed by atoms with Crippen LogP contribution in [0, 0.1) is 0 Å². The number of nitrogens with zero attached hydrogens (tertiary/aromatic N) is 1. The average Bonchev–Trinajstić information content (AvgIpc) is 2.30. The first-order valence-corrected chi connectivity index (χ1v) is 8.19. The van der Waals surface area contributed by atoms with Gasteiger partial charge in [-0.15, -0.1) is 0 Å². The molecule has 19 heavy (non-hydrogen) atoms. The van der Waals surface area contributed by atoms with Crippen molar-refractivity contribution in [2.24, 2.45) is 0 Å². The highest BCUT2D eigenvalue weighted by Gasteiger charge is 2.21. The van der Waals surface area contributed by atoms with Crippen LogP contribution in [0.1, 0.15) is 19.4 Å². The molecular weight excluding hydrogens is 305 g/mol. The topological polar surface area (TPSA) is 37.4 Å². The third kappa shape index (κ3) is 4.80. The summed E-state index contributed by atoms with van der Waals surface area (Å²) in [7, 11) is -3.38. The minimum atomic E-state index is -3.38. The fraction of sp³-hybridized carbons (Fsp3) is 0.385. The number of hydrogen-bond acceptors (Lipinski definition) is 2. The molecule has 0 aliphatic carbocycles. The summed E-state index contributed by atoms with van der Waals surface area (Å²) in [5.41, 5.74) is 1.43. The number of sulfonamides is 1. The Hall–Kier alpha value is -0.550. The van der Waals surface area contributed by atoms with Crippen molar-refractivity contribution in [2.75, 3.05) is 13.1 Å². The molecule has 6 heteroatoms. The minimum absolute atomic E-state index is 0.0923. The smallest absolute Gasteiger partial charge is 0.212 e. The minimum Gasteiger partial charge on any atom is -0.212 e. The SMILES string of the molecule is C=C(C)CN(CC)S(=O)(=O)Cc1ccc(Cl)c(Cl)c1. The Bertz CT molecular complexity index is 570. The summed E-state index contributed by atoms with van der Waals surface area (Å²) in [4.78, 5) is 0. The number of likely N-dealkylation sites (N-methyl/N-ethyl adjacent to an activating group) is 1. The van der Waals surface area contributed by atoms with Gasteiger partial charge in [-0.05, 0) is 24.6 Å². The monoisotopic (exact) mass is 321 g/mol. The molecule has 0 aliphatic heterocycles. The van der Waals surface area contributed by atoms with Crippen molar-refractivity contribution in [3.63, 3.8) is 0 Å². The zero-order chi connectivity index (χ0) is 14.6. The van der Waals surface area contributed by atoms with E-state index >= 15 is 0 Å². The van der Waals surface area contributed by atoms with E-state index in [1.165, 1.54) is 4.31 Å². The summed E-state index contributed by atoms with van der Waals surface area (Å²) < 4.78 is 25.9. The van der Waals surface area contributed by atoms with Crippen molar-refractivity contribution in [1.29, 1.82) is 0 Å². The van der Waals surface area contributed by atoms with Gasteiger partial charge in [-0.2, -0.15) is 4.31 Å². The number of rotatable bonds is 6. The van der Waals surface area contributed by atoms with Crippen LogP contribution in [0.3, 0.4) is 0 Å². The highest BCUT2D eigenvalue weighted by atomic mass is 35.5. The molecule has 0 heterocycles. The zero-order valence-corrected chi connectivity index (χ0v) is 13.3. The lowest BCUT2D eigenvalue weighted by Crippen LogP contribution is -2.33. The molecule has 0 unspecified atom stereocenters. The molecular formula is C13H17Cl2NO2S. The maximum Gasteiger partial charge on any atom is 0.218 e. The third-order valence-electron chi connectivity index (χ3n) is 2.53. The molecule has 0 saturated carbocycles. The van der Waals surface area contributed by atoms with E-state index < -0.39 is 10.0 Å². The number of halogens is 2. The van der Waals surface area contributed by atoms with Gasteiger partial charge in [-0.3, -0.25) is 0 Å². The third-order valence-corrected chi connectivity index (χ3v) is 5.14. The Morgan fingerprint density at radius 3 is 2.42 bits per heavy atom. The molecule has 0 radical (unpaired) electrons. The van der Waals surface area contributed by atoms with Crippen molar-refractivity contribution in [3.05, 3.63) is 46.0 Å². The van der Waals surface area contributed by atoms with Gasteiger partial charge in [0.1, 0.15) is 0 Å². The fourth-order valence-corrected chi connectivity index (χ4v) is 3.55. The van der Waals surface area contributed by atoms with Gasteiger partial charge < -0.3 is 0 Å². The molecule has 1 aromatic carbocycles. The summed E-state index contributed by atoms with van der Waals surface area (Å²) in [5, 5.41) is 0.773. The maximum atomic E-state index is 12.3. The van der Waals surface area contributed by atoms with Crippen molar-refractivity contribution in [3.8, 4) is 0 Å². The number of benzene rings is 1. The van der Waals surface area contributed by atoms with Crippen LogP contribution >= 0.6 is 23.2 Å². The van der Waals surface area contributed by atoms with Gasteiger partial charge in [-0.1, -0.05) is 48.3 Å². The van der Waals surface area contributed by atoms with Crippen LogP contribution in [-0.2, 0) is 15.8 Å². The van der Waals surface area contributed by atoms with E-state index in [2.05, 4.69) is 6.58 Å². The molecule has 0 aromatic heterocycles. The second kappa shape index (κ2) is 6.75. The normalized spacial score (nSPS) is 11.8. The van der Waals surface area contributed by atoms with Crippen molar-refractivity contribution in [1.82, 2.24) is 4.31 Å². The van der Waals surface area contributed by atoms with Crippen LogP contribution in [0.2, 0.25) is 10.0 Å². The predicted octanol–water partition coefficient (Wildman–Crippen LogP) is 3.72. The standard InChI is InChI=1S/C13H17Cl2NO2S/c1-4-16(8-10(2)3)19(17,18)9-11-5-6-12(14)13(15)7-11/h5-7H,2,4,8-9H2,1,3H3. The van der Waals surface area contributed by atoms with Crippen LogP contribution in [0.25, 0.3) is 0 Å². The van der Waals surface area contributed by atoms with Crippen LogP contribution in [0.5, 0.6) is 0 Å². The van der Waals surface area contributed by atoms with E-state index in [1.807, 2.05) is 0 Å². The summed E-state index contributed by atoms with van der Waals surface area (Å²) >= 11 is 11.7. The Labute approximate surface area is 124 Å². The van der Waals surface area contributed by atoms with Crippen LogP contribution in [-0.4, -0.2) is 25.8 Å². The Kier molecular flexibility index (Phi) is 5.86. The second-order valence-electron chi connectivity index (χ2n) is 4.39. The maximum absolute atomic E-state index is 12.3. The molecule has 0 spiro atoms. The van der Waals surface area contributed by atoms with E-state index in [1.54, 1.807) is 32.0 Å². The molecule has 1 aromatic rings. The quantitative estimate of drug-likeness (QED) is 0.749. The van der Waals surface area contributed by atoms with Crippen LogP contribution in [0.15, 0.2) is 30.4 Å². The van der Waals surface area contributed by atoms with Gasteiger partial charge in [-0.25, -0.2) is 8.42 Å². The molecule has 0 N–H and O–H groups in total. The lowest BCUT2D eigenvalue weighted by atomic mass is 10.2. The molecule has 0 amide bonds. The van der Waals surface area contributed by atoms with Gasteiger partial charge in [0.2, 0.25) is 10.0 Å². The largest absolute Gasteiger partial charge is 0.218 e. The Balaban J connectivity index is 2.94.